The molecule has 0 unspecified atom stereocenters. The lowest BCUT2D eigenvalue weighted by Gasteiger charge is -2.45. The van der Waals surface area contributed by atoms with Gasteiger partial charge >= 0.3 is 0 Å². The average molecular weight is 478 g/mol. The molecule has 0 saturated carbocycles. The van der Waals surface area contributed by atoms with Crippen LogP contribution in [0.2, 0.25) is 0 Å². The molecule has 0 aromatic heterocycles. The lowest BCUT2D eigenvalue weighted by Crippen LogP contribution is -2.64. The van der Waals surface area contributed by atoms with E-state index >= 15 is 0 Å². The highest BCUT2D eigenvalue weighted by Crippen LogP contribution is 2.46. The standard InChI is InChI=1S/C27H35N5O3/c1-18-10-11-22(14-24(18)28-19(2)33)29-25(35)15-32-13-12-23-26(21-8-6-5-7-9-21)31(4)16-27(23,17-32)30-20(3)34/h5-11,14,23,26H,12-13,15-17H2,1-4H3,(H,28,33)(H,29,35)(H,30,34)/t23-,26-,27+/m1/s1. The van der Waals surface area contributed by atoms with Gasteiger partial charge in [-0.2, -0.15) is 0 Å². The molecular formula is C27H35N5O3. The summed E-state index contributed by atoms with van der Waals surface area (Å²) in [6.45, 7) is 7.29. The SMILES string of the molecule is CC(=O)Nc1cc(NC(=O)CN2CC[C@@H]3[C@@H](c4ccccc4)N(C)C[C@]3(NC(C)=O)C2)ccc1C. The van der Waals surface area contributed by atoms with Crippen LogP contribution in [-0.2, 0) is 14.4 Å². The second-order valence-electron chi connectivity index (χ2n) is 9.97. The van der Waals surface area contributed by atoms with E-state index in [0.717, 1.165) is 25.1 Å². The number of nitrogens with one attached hydrogen (secondary N) is 3. The number of benzene rings is 2. The highest BCUT2D eigenvalue weighted by Gasteiger charge is 2.54. The summed E-state index contributed by atoms with van der Waals surface area (Å²) in [6, 6.07) is 16.1. The third-order valence-corrected chi connectivity index (χ3v) is 7.12. The van der Waals surface area contributed by atoms with Crippen LogP contribution in [0.1, 0.15) is 37.4 Å². The minimum atomic E-state index is -0.415. The van der Waals surface area contributed by atoms with E-state index in [2.05, 4.69) is 57.1 Å². The van der Waals surface area contributed by atoms with Crippen LogP contribution in [0.15, 0.2) is 48.5 Å². The Balaban J connectivity index is 1.47. The van der Waals surface area contributed by atoms with Crippen molar-refractivity contribution in [1.82, 2.24) is 15.1 Å². The number of likely N-dealkylation sites (tertiary alicyclic amines) is 2. The molecule has 3 amide bonds. The number of nitrogens with zero attached hydrogens (tertiary/aromatic N) is 2. The van der Waals surface area contributed by atoms with Gasteiger partial charge in [-0.3, -0.25) is 24.2 Å². The molecule has 0 spiro atoms. The van der Waals surface area contributed by atoms with Gasteiger partial charge in [0.1, 0.15) is 0 Å². The number of fused-ring (bicyclic) bond motifs is 1. The number of hydrogen-bond donors (Lipinski definition) is 3. The van der Waals surface area contributed by atoms with Crippen molar-refractivity contribution in [2.45, 2.75) is 38.8 Å². The van der Waals surface area contributed by atoms with Crippen molar-refractivity contribution < 1.29 is 14.4 Å². The molecule has 3 atom stereocenters. The van der Waals surface area contributed by atoms with Crippen molar-refractivity contribution in [2.75, 3.05) is 43.9 Å². The number of anilines is 2. The van der Waals surface area contributed by atoms with E-state index in [9.17, 15) is 14.4 Å². The number of likely N-dealkylation sites (N-methyl/N-ethyl adjacent to an activating group) is 1. The van der Waals surface area contributed by atoms with Crippen LogP contribution in [0.4, 0.5) is 11.4 Å². The third kappa shape index (κ3) is 5.55. The largest absolute Gasteiger partial charge is 0.348 e. The van der Waals surface area contributed by atoms with Gasteiger partial charge in [0.05, 0.1) is 12.1 Å². The molecule has 0 aliphatic carbocycles. The van der Waals surface area contributed by atoms with E-state index in [0.29, 0.717) is 17.9 Å². The van der Waals surface area contributed by atoms with Gasteiger partial charge in [0.15, 0.2) is 0 Å². The monoisotopic (exact) mass is 477 g/mol. The average Bonchev–Trinajstić information content (AvgIpc) is 3.06. The van der Waals surface area contributed by atoms with E-state index in [4.69, 9.17) is 0 Å². The molecule has 186 valence electrons. The first-order valence-corrected chi connectivity index (χ1v) is 12.1. The van der Waals surface area contributed by atoms with Crippen LogP contribution in [0.25, 0.3) is 0 Å². The molecule has 0 radical (unpaired) electrons. The summed E-state index contributed by atoms with van der Waals surface area (Å²) in [5.41, 5.74) is 3.09. The zero-order valence-corrected chi connectivity index (χ0v) is 20.9. The van der Waals surface area contributed by atoms with E-state index in [1.165, 1.54) is 12.5 Å². The molecule has 4 rings (SSSR count). The van der Waals surface area contributed by atoms with Crippen molar-refractivity contribution in [1.29, 1.82) is 0 Å². The van der Waals surface area contributed by atoms with Crippen molar-refractivity contribution in [3.63, 3.8) is 0 Å². The molecule has 2 heterocycles. The molecule has 35 heavy (non-hydrogen) atoms. The number of carbonyl (C=O) groups is 3. The molecule has 0 bridgehead atoms. The molecule has 8 heteroatoms. The van der Waals surface area contributed by atoms with E-state index in [1.807, 2.05) is 25.1 Å². The number of aryl methyl sites for hydroxylation is 1. The maximum absolute atomic E-state index is 12.9. The van der Waals surface area contributed by atoms with Crippen LogP contribution < -0.4 is 16.0 Å². The molecule has 2 fully saturated rings. The van der Waals surface area contributed by atoms with Gasteiger partial charge in [0.25, 0.3) is 0 Å². The van der Waals surface area contributed by atoms with Gasteiger partial charge in [0, 0.05) is 50.3 Å². The van der Waals surface area contributed by atoms with Crippen LogP contribution >= 0.6 is 0 Å². The van der Waals surface area contributed by atoms with E-state index < -0.39 is 5.54 Å². The highest BCUT2D eigenvalue weighted by atomic mass is 16.2. The Hall–Kier alpha value is -3.23. The maximum atomic E-state index is 12.9. The maximum Gasteiger partial charge on any atom is 0.238 e. The number of hydrogen-bond acceptors (Lipinski definition) is 5. The Bertz CT molecular complexity index is 1110. The zero-order valence-electron chi connectivity index (χ0n) is 20.9. The van der Waals surface area contributed by atoms with Gasteiger partial charge in [-0.15, -0.1) is 0 Å². The minimum Gasteiger partial charge on any atom is -0.348 e. The lowest BCUT2D eigenvalue weighted by molar-refractivity contribution is -0.122. The number of piperidine rings is 1. The Labute approximate surface area is 207 Å². The summed E-state index contributed by atoms with van der Waals surface area (Å²) in [5.74, 6) is -0.0629. The smallest absolute Gasteiger partial charge is 0.238 e. The summed E-state index contributed by atoms with van der Waals surface area (Å²) >= 11 is 0. The lowest BCUT2D eigenvalue weighted by atomic mass is 9.75. The molecule has 3 N–H and O–H groups in total. The molecule has 2 saturated heterocycles. The van der Waals surface area contributed by atoms with Gasteiger partial charge in [0.2, 0.25) is 17.7 Å². The Morgan fingerprint density at radius 3 is 2.43 bits per heavy atom. The topological polar surface area (TPSA) is 93.8 Å². The quantitative estimate of drug-likeness (QED) is 0.595. The predicted octanol–water partition coefficient (Wildman–Crippen LogP) is 2.78. The van der Waals surface area contributed by atoms with Crippen molar-refractivity contribution >= 4 is 29.1 Å². The Kier molecular flexibility index (Phi) is 7.23. The summed E-state index contributed by atoms with van der Waals surface area (Å²) < 4.78 is 0. The summed E-state index contributed by atoms with van der Waals surface area (Å²) in [5, 5.41) is 9.03. The summed E-state index contributed by atoms with van der Waals surface area (Å²) in [7, 11) is 2.11. The van der Waals surface area contributed by atoms with Crippen LogP contribution in [0, 0.1) is 12.8 Å². The first-order chi connectivity index (χ1) is 16.7. The first kappa shape index (κ1) is 24.9. The molecule has 2 aliphatic heterocycles. The van der Waals surface area contributed by atoms with Crippen molar-refractivity contribution in [3.05, 3.63) is 59.7 Å². The normalized spacial score (nSPS) is 24.5. The number of amides is 3. The highest BCUT2D eigenvalue weighted by molar-refractivity contribution is 5.94. The number of rotatable bonds is 6. The Morgan fingerprint density at radius 2 is 1.74 bits per heavy atom. The zero-order chi connectivity index (χ0) is 25.2. The van der Waals surface area contributed by atoms with E-state index in [1.54, 1.807) is 13.0 Å². The van der Waals surface area contributed by atoms with E-state index in [-0.39, 0.29) is 36.2 Å². The minimum absolute atomic E-state index is 0.0476. The molecule has 8 nitrogen and oxygen atoms in total. The van der Waals surface area contributed by atoms with Gasteiger partial charge in [-0.1, -0.05) is 36.4 Å². The van der Waals surface area contributed by atoms with Gasteiger partial charge in [-0.25, -0.2) is 0 Å². The van der Waals surface area contributed by atoms with Crippen molar-refractivity contribution in [2.24, 2.45) is 5.92 Å². The first-order valence-electron chi connectivity index (χ1n) is 12.1. The van der Waals surface area contributed by atoms with Gasteiger partial charge < -0.3 is 16.0 Å². The fourth-order valence-corrected chi connectivity index (χ4v) is 5.89. The second-order valence-corrected chi connectivity index (χ2v) is 9.97. The molecular weight excluding hydrogens is 442 g/mol. The van der Waals surface area contributed by atoms with Crippen molar-refractivity contribution in [3.8, 4) is 0 Å². The van der Waals surface area contributed by atoms with Gasteiger partial charge in [-0.05, 0) is 50.2 Å². The Morgan fingerprint density at radius 1 is 1.00 bits per heavy atom. The van der Waals surface area contributed by atoms with Crippen LogP contribution in [0.5, 0.6) is 0 Å². The molecule has 2 aliphatic rings. The molecule has 2 aromatic rings. The van der Waals surface area contributed by atoms with Crippen LogP contribution in [-0.4, -0.2) is 66.3 Å². The number of carbonyl (C=O) groups excluding carboxylic acids is 3. The third-order valence-electron chi connectivity index (χ3n) is 7.12. The molecule has 2 aromatic carbocycles. The summed E-state index contributed by atoms with van der Waals surface area (Å²) in [4.78, 5) is 41.1. The fraction of sp³-hybridized carbons (Fsp3) is 0.444. The second kappa shape index (κ2) is 10.2. The van der Waals surface area contributed by atoms with Crippen LogP contribution in [0.3, 0.4) is 0 Å². The fourth-order valence-electron chi connectivity index (χ4n) is 5.89. The predicted molar refractivity (Wildman–Crippen MR) is 137 cm³/mol. The summed E-state index contributed by atoms with van der Waals surface area (Å²) in [6.07, 6.45) is 0.884.